The Balaban J connectivity index is 1.73. The number of carbonyl (C=O) groups excluding carboxylic acids is 1. The van der Waals surface area contributed by atoms with Gasteiger partial charge in [-0.2, -0.15) is 13.1 Å². The number of benzene rings is 2. The van der Waals surface area contributed by atoms with Gasteiger partial charge in [0.15, 0.2) is 0 Å². The van der Waals surface area contributed by atoms with Crippen molar-refractivity contribution >= 4 is 15.9 Å². The van der Waals surface area contributed by atoms with Crippen LogP contribution in [-0.4, -0.2) is 56.3 Å². The Morgan fingerprint density at radius 3 is 1.94 bits per heavy atom. The summed E-state index contributed by atoms with van der Waals surface area (Å²) < 4.78 is 57.0. The maximum Gasteiger partial charge on any atom is 0.387 e. The number of amides is 1. The Morgan fingerprint density at radius 2 is 1.45 bits per heavy atom. The Morgan fingerprint density at radius 1 is 0.935 bits per heavy atom. The van der Waals surface area contributed by atoms with Crippen molar-refractivity contribution in [3.63, 3.8) is 0 Å². The number of carbonyl (C=O) groups is 1. The van der Waals surface area contributed by atoms with Crippen molar-refractivity contribution in [3.05, 3.63) is 58.1 Å². The number of alkyl halides is 2. The minimum absolute atomic E-state index is 0.0262. The highest BCUT2D eigenvalue weighted by Crippen LogP contribution is 2.29. The van der Waals surface area contributed by atoms with Gasteiger partial charge in [0.05, 0.1) is 4.90 Å². The summed E-state index contributed by atoms with van der Waals surface area (Å²) in [5.41, 5.74) is 3.67. The number of piperazine rings is 1. The molecule has 168 valence electrons. The molecule has 0 N–H and O–H groups in total. The molecule has 2 aromatic carbocycles. The third-order valence-electron chi connectivity index (χ3n) is 5.75. The van der Waals surface area contributed by atoms with Gasteiger partial charge in [0, 0.05) is 31.7 Å². The third kappa shape index (κ3) is 4.72. The highest BCUT2D eigenvalue weighted by molar-refractivity contribution is 7.89. The molecule has 2 aromatic rings. The van der Waals surface area contributed by atoms with Gasteiger partial charge in [-0.15, -0.1) is 0 Å². The van der Waals surface area contributed by atoms with Crippen molar-refractivity contribution in [2.24, 2.45) is 0 Å². The van der Waals surface area contributed by atoms with Crippen molar-refractivity contribution < 1.29 is 26.7 Å². The first kappa shape index (κ1) is 23.1. The van der Waals surface area contributed by atoms with Crippen LogP contribution >= 0.6 is 0 Å². The molecule has 31 heavy (non-hydrogen) atoms. The summed E-state index contributed by atoms with van der Waals surface area (Å²) in [6.07, 6.45) is 0. The minimum atomic E-state index is -3.69. The molecule has 0 spiro atoms. The average molecular weight is 453 g/mol. The number of halogens is 2. The Bertz CT molecular complexity index is 1050. The standard InChI is InChI=1S/C22H26F2N2O4S/c1-14-13-15(2)17(4)20(16(14)3)31(28,29)26-11-9-25(10-12-26)21(27)18-5-7-19(8-6-18)30-22(23)24/h5-8,13,22H,9-12H2,1-4H3. The molecule has 1 heterocycles. The van der Waals surface area contributed by atoms with Gasteiger partial charge in [-0.05, 0) is 74.2 Å². The van der Waals surface area contributed by atoms with E-state index in [0.29, 0.717) is 10.5 Å². The quantitative estimate of drug-likeness (QED) is 0.694. The molecule has 9 heteroatoms. The number of nitrogens with zero attached hydrogens (tertiary/aromatic N) is 2. The molecule has 0 unspecified atom stereocenters. The molecule has 3 rings (SSSR count). The predicted octanol–water partition coefficient (Wildman–Crippen LogP) is 3.67. The molecule has 0 aromatic heterocycles. The predicted molar refractivity (Wildman–Crippen MR) is 113 cm³/mol. The van der Waals surface area contributed by atoms with E-state index in [1.54, 1.807) is 4.90 Å². The SMILES string of the molecule is Cc1cc(C)c(C)c(S(=O)(=O)N2CCN(C(=O)c3ccc(OC(F)F)cc3)CC2)c1C. The van der Waals surface area contributed by atoms with Crippen molar-refractivity contribution in [1.82, 2.24) is 9.21 Å². The summed E-state index contributed by atoms with van der Waals surface area (Å²) in [4.78, 5) is 14.6. The van der Waals surface area contributed by atoms with E-state index in [9.17, 15) is 22.0 Å². The molecule has 1 aliphatic heterocycles. The van der Waals surface area contributed by atoms with Crippen LogP contribution in [0.3, 0.4) is 0 Å². The van der Waals surface area contributed by atoms with E-state index in [0.717, 1.165) is 22.3 Å². The van der Waals surface area contributed by atoms with E-state index in [1.807, 2.05) is 33.8 Å². The molecule has 1 aliphatic rings. The van der Waals surface area contributed by atoms with Crippen LogP contribution in [0.5, 0.6) is 5.75 Å². The number of hydrogen-bond acceptors (Lipinski definition) is 4. The lowest BCUT2D eigenvalue weighted by molar-refractivity contribution is -0.0498. The van der Waals surface area contributed by atoms with Gasteiger partial charge in [-0.3, -0.25) is 4.79 Å². The fraction of sp³-hybridized carbons (Fsp3) is 0.409. The number of rotatable bonds is 5. The first-order valence-corrected chi connectivity index (χ1v) is 11.4. The summed E-state index contributed by atoms with van der Waals surface area (Å²) in [6.45, 7) is 5.36. The van der Waals surface area contributed by atoms with Crippen molar-refractivity contribution in [1.29, 1.82) is 0 Å². The van der Waals surface area contributed by atoms with Crippen molar-refractivity contribution in [2.45, 2.75) is 39.2 Å². The maximum absolute atomic E-state index is 13.4. The van der Waals surface area contributed by atoms with Crippen LogP contribution in [0.4, 0.5) is 8.78 Å². The monoisotopic (exact) mass is 452 g/mol. The second-order valence-electron chi connectivity index (χ2n) is 7.69. The van der Waals surface area contributed by atoms with Crippen LogP contribution in [0, 0.1) is 27.7 Å². The number of sulfonamides is 1. The Labute approximate surface area is 181 Å². The summed E-state index contributed by atoms with van der Waals surface area (Å²) in [5.74, 6) is -0.305. The highest BCUT2D eigenvalue weighted by atomic mass is 32.2. The van der Waals surface area contributed by atoms with Gasteiger partial charge in [0.2, 0.25) is 10.0 Å². The van der Waals surface area contributed by atoms with E-state index >= 15 is 0 Å². The van der Waals surface area contributed by atoms with Crippen LogP contribution in [-0.2, 0) is 10.0 Å². The molecule has 0 saturated carbocycles. The van der Waals surface area contributed by atoms with Crippen LogP contribution in [0.15, 0.2) is 35.2 Å². The summed E-state index contributed by atoms with van der Waals surface area (Å²) in [6, 6.07) is 7.45. The van der Waals surface area contributed by atoms with E-state index in [1.165, 1.54) is 28.6 Å². The molecule has 1 fully saturated rings. The molecule has 1 amide bonds. The summed E-state index contributed by atoms with van der Waals surface area (Å²) >= 11 is 0. The van der Waals surface area contributed by atoms with Gasteiger partial charge in [0.1, 0.15) is 5.75 Å². The van der Waals surface area contributed by atoms with Gasteiger partial charge in [-0.25, -0.2) is 8.42 Å². The summed E-state index contributed by atoms with van der Waals surface area (Å²) in [5, 5.41) is 0. The Kier molecular flexibility index (Phi) is 6.66. The maximum atomic E-state index is 13.4. The topological polar surface area (TPSA) is 66.9 Å². The second-order valence-corrected chi connectivity index (χ2v) is 9.56. The number of aryl methyl sites for hydroxylation is 2. The first-order chi connectivity index (χ1) is 14.5. The molecule has 0 aliphatic carbocycles. The van der Waals surface area contributed by atoms with Gasteiger partial charge in [-0.1, -0.05) is 6.07 Å². The first-order valence-electron chi connectivity index (χ1n) is 9.94. The molecule has 0 bridgehead atoms. The lowest BCUT2D eigenvalue weighted by Crippen LogP contribution is -2.50. The summed E-state index contributed by atoms with van der Waals surface area (Å²) in [7, 11) is -3.69. The molecular formula is C22H26F2N2O4S. The van der Waals surface area contributed by atoms with E-state index < -0.39 is 16.6 Å². The fourth-order valence-corrected chi connectivity index (χ4v) is 5.79. The number of hydrogen-bond donors (Lipinski definition) is 0. The van der Waals surface area contributed by atoms with E-state index in [2.05, 4.69) is 4.74 Å². The van der Waals surface area contributed by atoms with Crippen LogP contribution in [0.2, 0.25) is 0 Å². The van der Waals surface area contributed by atoms with Crippen LogP contribution in [0.25, 0.3) is 0 Å². The second kappa shape index (κ2) is 8.92. The zero-order valence-electron chi connectivity index (χ0n) is 18.0. The number of ether oxygens (including phenoxy) is 1. The normalized spacial score (nSPS) is 15.4. The Hall–Kier alpha value is -2.52. The van der Waals surface area contributed by atoms with Gasteiger partial charge >= 0.3 is 6.61 Å². The zero-order valence-corrected chi connectivity index (χ0v) is 18.8. The largest absolute Gasteiger partial charge is 0.435 e. The van der Waals surface area contributed by atoms with E-state index in [-0.39, 0.29) is 37.8 Å². The zero-order chi connectivity index (χ0) is 22.9. The minimum Gasteiger partial charge on any atom is -0.435 e. The van der Waals surface area contributed by atoms with Crippen LogP contribution < -0.4 is 4.74 Å². The van der Waals surface area contributed by atoms with Crippen LogP contribution in [0.1, 0.15) is 32.6 Å². The van der Waals surface area contributed by atoms with Gasteiger partial charge < -0.3 is 9.64 Å². The lowest BCUT2D eigenvalue weighted by Gasteiger charge is -2.35. The molecular weight excluding hydrogens is 426 g/mol. The van der Waals surface area contributed by atoms with Gasteiger partial charge in [0.25, 0.3) is 5.91 Å². The highest BCUT2D eigenvalue weighted by Gasteiger charge is 2.33. The smallest absolute Gasteiger partial charge is 0.387 e. The lowest BCUT2D eigenvalue weighted by atomic mass is 10.0. The fourth-order valence-electron chi connectivity index (χ4n) is 3.79. The third-order valence-corrected chi connectivity index (χ3v) is 7.92. The molecule has 0 atom stereocenters. The van der Waals surface area contributed by atoms with Crippen molar-refractivity contribution in [2.75, 3.05) is 26.2 Å². The van der Waals surface area contributed by atoms with E-state index in [4.69, 9.17) is 0 Å². The average Bonchev–Trinajstić information content (AvgIpc) is 2.72. The molecule has 1 saturated heterocycles. The molecule has 6 nitrogen and oxygen atoms in total. The van der Waals surface area contributed by atoms with Crippen molar-refractivity contribution in [3.8, 4) is 5.75 Å². The molecule has 0 radical (unpaired) electrons.